The van der Waals surface area contributed by atoms with Crippen LogP contribution in [0.15, 0.2) is 53.9 Å². The number of aliphatic hydroxyl groups is 1. The molecular formula is C22H20F3N3O4S. The molecule has 0 bridgehead atoms. The van der Waals surface area contributed by atoms with Gasteiger partial charge in [-0.25, -0.2) is 9.78 Å². The highest BCUT2D eigenvalue weighted by molar-refractivity contribution is 7.14. The van der Waals surface area contributed by atoms with Crippen molar-refractivity contribution in [2.45, 2.75) is 19.7 Å². The van der Waals surface area contributed by atoms with Gasteiger partial charge in [0.25, 0.3) is 0 Å². The molecule has 1 heterocycles. The molecular weight excluding hydrogens is 459 g/mol. The highest BCUT2D eigenvalue weighted by atomic mass is 32.1. The second kappa shape index (κ2) is 10.5. The van der Waals surface area contributed by atoms with Gasteiger partial charge >= 0.3 is 12.1 Å². The number of aliphatic hydroxyl groups excluding tert-OH is 1. The number of carbonyl (C=O) groups is 2. The normalized spacial score (nSPS) is 11.2. The first-order chi connectivity index (χ1) is 15.7. The number of alkyl halides is 3. The number of para-hydroxylation sites is 1. The topological polar surface area (TPSA) is 91.8 Å². The number of halogens is 3. The number of carbonyl (C=O) groups excluding carboxylic acids is 2. The number of thiazole rings is 1. The predicted molar refractivity (Wildman–Crippen MR) is 118 cm³/mol. The van der Waals surface area contributed by atoms with Crippen molar-refractivity contribution < 1.29 is 32.6 Å². The minimum Gasteiger partial charge on any atom is -0.455 e. The number of ether oxygens (including phenoxy) is 1. The Kier molecular flexibility index (Phi) is 7.67. The van der Waals surface area contributed by atoms with Gasteiger partial charge in [0.05, 0.1) is 29.1 Å². The molecule has 2 aromatic carbocycles. The third kappa shape index (κ3) is 6.08. The molecule has 11 heteroatoms. The molecule has 7 nitrogen and oxygen atoms in total. The van der Waals surface area contributed by atoms with Gasteiger partial charge in [-0.2, -0.15) is 13.2 Å². The number of benzene rings is 2. The lowest BCUT2D eigenvalue weighted by atomic mass is 10.2. The van der Waals surface area contributed by atoms with E-state index in [1.807, 2.05) is 0 Å². The van der Waals surface area contributed by atoms with E-state index in [0.717, 1.165) is 28.4 Å². The zero-order valence-electron chi connectivity index (χ0n) is 17.4. The van der Waals surface area contributed by atoms with Gasteiger partial charge in [-0.15, -0.1) is 11.3 Å². The van der Waals surface area contributed by atoms with Crippen LogP contribution in [0.25, 0.3) is 0 Å². The van der Waals surface area contributed by atoms with Crippen LogP contribution in [0.3, 0.4) is 0 Å². The van der Waals surface area contributed by atoms with Gasteiger partial charge in [0.2, 0.25) is 5.91 Å². The van der Waals surface area contributed by atoms with E-state index < -0.39 is 23.6 Å². The summed E-state index contributed by atoms with van der Waals surface area (Å²) in [6.07, 6.45) is -4.55. The van der Waals surface area contributed by atoms with Crippen LogP contribution in [-0.2, 0) is 22.3 Å². The van der Waals surface area contributed by atoms with Crippen molar-refractivity contribution >= 4 is 39.7 Å². The van der Waals surface area contributed by atoms with Crippen LogP contribution in [-0.4, -0.2) is 35.1 Å². The molecule has 33 heavy (non-hydrogen) atoms. The fourth-order valence-corrected chi connectivity index (χ4v) is 3.81. The number of nitrogens with zero attached hydrogens (tertiary/aromatic N) is 2. The maximum atomic E-state index is 13.1. The van der Waals surface area contributed by atoms with E-state index in [4.69, 9.17) is 9.84 Å². The van der Waals surface area contributed by atoms with Crippen LogP contribution >= 0.6 is 11.3 Å². The van der Waals surface area contributed by atoms with E-state index in [-0.39, 0.29) is 36.1 Å². The molecule has 0 fully saturated rings. The van der Waals surface area contributed by atoms with Gasteiger partial charge in [0, 0.05) is 24.5 Å². The molecule has 0 unspecified atom stereocenters. The summed E-state index contributed by atoms with van der Waals surface area (Å²) in [7, 11) is 0. The summed E-state index contributed by atoms with van der Waals surface area (Å²) in [4.78, 5) is 30.0. The Balaban J connectivity index is 1.75. The maximum absolute atomic E-state index is 13.1. The Morgan fingerprint density at radius 1 is 1.18 bits per heavy atom. The van der Waals surface area contributed by atoms with Crippen molar-refractivity contribution in [3.05, 3.63) is 70.7 Å². The molecule has 0 aliphatic heterocycles. The summed E-state index contributed by atoms with van der Waals surface area (Å²) in [6.45, 7) is 1.18. The number of hydrogen-bond acceptors (Lipinski definition) is 7. The van der Waals surface area contributed by atoms with E-state index in [1.165, 1.54) is 19.1 Å². The summed E-state index contributed by atoms with van der Waals surface area (Å²) in [5.74, 6) is -1.14. The number of nitrogens with one attached hydrogen (secondary N) is 1. The SMILES string of the molecule is CC(=O)N(c1cccc(C(F)(F)F)c1)c1nc(COC(=O)c2ccccc2NCCO)cs1. The van der Waals surface area contributed by atoms with E-state index in [1.54, 1.807) is 29.6 Å². The largest absolute Gasteiger partial charge is 0.455 e. The molecule has 0 spiro atoms. The molecule has 0 saturated heterocycles. The number of rotatable bonds is 8. The van der Waals surface area contributed by atoms with Crippen LogP contribution in [0.1, 0.15) is 28.5 Å². The van der Waals surface area contributed by atoms with E-state index >= 15 is 0 Å². The third-order valence-electron chi connectivity index (χ3n) is 4.40. The van der Waals surface area contributed by atoms with Gasteiger partial charge < -0.3 is 15.2 Å². The van der Waals surface area contributed by atoms with Crippen LogP contribution in [0.2, 0.25) is 0 Å². The van der Waals surface area contributed by atoms with Gasteiger partial charge in [-0.1, -0.05) is 18.2 Å². The highest BCUT2D eigenvalue weighted by Gasteiger charge is 2.31. The summed E-state index contributed by atoms with van der Waals surface area (Å²) >= 11 is 1.04. The van der Waals surface area contributed by atoms with Crippen molar-refractivity contribution in [1.29, 1.82) is 0 Å². The van der Waals surface area contributed by atoms with Crippen LogP contribution < -0.4 is 10.2 Å². The van der Waals surface area contributed by atoms with E-state index in [2.05, 4.69) is 10.3 Å². The smallest absolute Gasteiger partial charge is 0.416 e. The average Bonchev–Trinajstić information content (AvgIpc) is 3.24. The summed E-state index contributed by atoms with van der Waals surface area (Å²) < 4.78 is 44.5. The Bertz CT molecular complexity index is 1130. The second-order valence-electron chi connectivity index (χ2n) is 6.80. The van der Waals surface area contributed by atoms with Crippen LogP contribution in [0.4, 0.5) is 29.7 Å². The maximum Gasteiger partial charge on any atom is 0.416 e. The standard InChI is InChI=1S/C22H20F3N3O4S/c1-14(30)28(17-6-4-5-15(11-17)22(23,24)25)21-27-16(13-33-21)12-32-20(31)18-7-2-3-8-19(18)26-9-10-29/h2-8,11,13,26,29H,9-10,12H2,1H3. The lowest BCUT2D eigenvalue weighted by Gasteiger charge is -2.19. The molecule has 3 rings (SSSR count). The Labute approximate surface area is 191 Å². The molecule has 3 aromatic rings. The van der Waals surface area contributed by atoms with Crippen molar-refractivity contribution in [3.8, 4) is 0 Å². The van der Waals surface area contributed by atoms with Crippen molar-refractivity contribution in [3.63, 3.8) is 0 Å². The van der Waals surface area contributed by atoms with Crippen LogP contribution in [0.5, 0.6) is 0 Å². The number of anilines is 3. The number of aromatic nitrogens is 1. The molecule has 174 valence electrons. The Morgan fingerprint density at radius 2 is 1.94 bits per heavy atom. The predicted octanol–water partition coefficient (Wildman–Crippen LogP) is 4.61. The second-order valence-corrected chi connectivity index (χ2v) is 7.63. The van der Waals surface area contributed by atoms with Crippen molar-refractivity contribution in [2.75, 3.05) is 23.4 Å². The van der Waals surface area contributed by atoms with Gasteiger partial charge in [0.15, 0.2) is 5.13 Å². The zero-order chi connectivity index (χ0) is 24.0. The Hall–Kier alpha value is -3.44. The highest BCUT2D eigenvalue weighted by Crippen LogP contribution is 2.35. The quantitative estimate of drug-likeness (QED) is 0.459. The molecule has 0 aliphatic carbocycles. The molecule has 0 aliphatic rings. The summed E-state index contributed by atoms with van der Waals surface area (Å²) in [5.41, 5.74) is 0.255. The summed E-state index contributed by atoms with van der Waals surface area (Å²) in [6, 6.07) is 11.0. The fraction of sp³-hybridized carbons (Fsp3) is 0.227. The lowest BCUT2D eigenvalue weighted by Crippen LogP contribution is -2.23. The molecule has 1 aromatic heterocycles. The van der Waals surface area contributed by atoms with Gasteiger partial charge in [-0.05, 0) is 30.3 Å². The van der Waals surface area contributed by atoms with Crippen molar-refractivity contribution in [1.82, 2.24) is 4.98 Å². The number of amides is 1. The first-order valence-corrected chi connectivity index (χ1v) is 10.6. The molecule has 0 saturated carbocycles. The number of esters is 1. The fourth-order valence-electron chi connectivity index (χ4n) is 2.94. The minimum absolute atomic E-state index is 0.0269. The van der Waals surface area contributed by atoms with Gasteiger partial charge in [0.1, 0.15) is 6.61 Å². The van der Waals surface area contributed by atoms with Crippen molar-refractivity contribution in [2.24, 2.45) is 0 Å². The monoisotopic (exact) mass is 479 g/mol. The van der Waals surface area contributed by atoms with E-state index in [0.29, 0.717) is 11.4 Å². The zero-order valence-corrected chi connectivity index (χ0v) is 18.2. The average molecular weight is 479 g/mol. The van der Waals surface area contributed by atoms with Gasteiger partial charge in [-0.3, -0.25) is 9.69 Å². The molecule has 0 atom stereocenters. The minimum atomic E-state index is -4.55. The molecule has 1 amide bonds. The van der Waals surface area contributed by atoms with Crippen LogP contribution in [0, 0.1) is 0 Å². The molecule has 2 N–H and O–H groups in total. The Morgan fingerprint density at radius 3 is 2.64 bits per heavy atom. The lowest BCUT2D eigenvalue weighted by molar-refractivity contribution is -0.137. The number of hydrogen-bond donors (Lipinski definition) is 2. The third-order valence-corrected chi connectivity index (χ3v) is 5.28. The summed E-state index contributed by atoms with van der Waals surface area (Å²) in [5, 5.41) is 13.6. The first-order valence-electron chi connectivity index (χ1n) is 9.74. The molecule has 0 radical (unpaired) electrons. The first kappa shape index (κ1) is 24.2. The van der Waals surface area contributed by atoms with E-state index in [9.17, 15) is 22.8 Å².